The van der Waals surface area contributed by atoms with Crippen LogP contribution in [0.25, 0.3) is 0 Å². The number of hydrogen-bond donors (Lipinski definition) is 1. The summed E-state index contributed by atoms with van der Waals surface area (Å²) in [5, 5.41) is 3.35. The number of ether oxygens (including phenoxy) is 1. The van der Waals surface area contributed by atoms with E-state index in [1.807, 2.05) is 12.1 Å². The molecule has 0 spiro atoms. The molecule has 0 bridgehead atoms. The summed E-state index contributed by atoms with van der Waals surface area (Å²) in [6.45, 7) is 11.8. The Morgan fingerprint density at radius 3 is 2.47 bits per heavy atom. The molecule has 0 aliphatic carbocycles. The molecule has 0 radical (unpaired) electrons. The Balaban J connectivity index is 2.23. The van der Waals surface area contributed by atoms with E-state index >= 15 is 0 Å². The summed E-state index contributed by atoms with van der Waals surface area (Å²) in [5.74, 6) is 3.12. The number of hydrogen-bond acceptors (Lipinski definition) is 3. The highest BCUT2D eigenvalue weighted by Gasteiger charge is 2.03. The van der Waals surface area contributed by atoms with Crippen molar-refractivity contribution in [2.24, 2.45) is 11.8 Å². The van der Waals surface area contributed by atoms with Gasteiger partial charge < -0.3 is 14.5 Å². The molecule has 98 valence electrons. The van der Waals surface area contributed by atoms with Crippen molar-refractivity contribution in [1.82, 2.24) is 5.32 Å². The minimum atomic E-state index is 0.567. The summed E-state index contributed by atoms with van der Waals surface area (Å²) >= 11 is 0. The average Bonchev–Trinajstić information content (AvgIpc) is 2.65. The predicted molar refractivity (Wildman–Crippen MR) is 69.7 cm³/mol. The molecule has 1 heterocycles. The Kier molecular flexibility index (Phi) is 6.30. The highest BCUT2D eigenvalue weighted by Crippen LogP contribution is 2.09. The molecule has 0 unspecified atom stereocenters. The largest absolute Gasteiger partial charge is 0.462 e. The van der Waals surface area contributed by atoms with Crippen molar-refractivity contribution in [1.29, 1.82) is 0 Å². The van der Waals surface area contributed by atoms with Gasteiger partial charge in [-0.1, -0.05) is 27.7 Å². The van der Waals surface area contributed by atoms with Crippen molar-refractivity contribution in [3.63, 3.8) is 0 Å². The van der Waals surface area contributed by atoms with Crippen molar-refractivity contribution in [3.8, 4) is 0 Å². The van der Waals surface area contributed by atoms with Crippen LogP contribution in [-0.2, 0) is 17.9 Å². The van der Waals surface area contributed by atoms with Gasteiger partial charge in [0, 0.05) is 6.61 Å². The van der Waals surface area contributed by atoms with E-state index in [4.69, 9.17) is 9.15 Å². The van der Waals surface area contributed by atoms with E-state index in [0.29, 0.717) is 18.4 Å². The maximum Gasteiger partial charge on any atom is 0.129 e. The molecule has 1 aromatic rings. The standard InChI is InChI=1S/C14H25NO2/c1-11(2)7-15-8-13-5-6-14(17-13)10-16-9-12(3)4/h5-6,11-12,15H,7-10H2,1-4H3. The third-order valence-corrected chi connectivity index (χ3v) is 2.26. The summed E-state index contributed by atoms with van der Waals surface area (Å²) in [6.07, 6.45) is 0. The van der Waals surface area contributed by atoms with Gasteiger partial charge in [-0.3, -0.25) is 0 Å². The number of rotatable bonds is 8. The lowest BCUT2D eigenvalue weighted by molar-refractivity contribution is 0.0837. The Morgan fingerprint density at radius 1 is 1.12 bits per heavy atom. The van der Waals surface area contributed by atoms with Gasteiger partial charge in [0.25, 0.3) is 0 Å². The van der Waals surface area contributed by atoms with Crippen LogP contribution < -0.4 is 5.32 Å². The van der Waals surface area contributed by atoms with Crippen LogP contribution in [0.5, 0.6) is 0 Å². The van der Waals surface area contributed by atoms with Gasteiger partial charge >= 0.3 is 0 Å². The topological polar surface area (TPSA) is 34.4 Å². The maximum atomic E-state index is 5.66. The van der Waals surface area contributed by atoms with Crippen molar-refractivity contribution in [2.75, 3.05) is 13.2 Å². The molecule has 0 saturated heterocycles. The van der Waals surface area contributed by atoms with Gasteiger partial charge in [0.2, 0.25) is 0 Å². The average molecular weight is 239 g/mol. The first-order valence-corrected chi connectivity index (χ1v) is 6.44. The van der Waals surface area contributed by atoms with Crippen LogP contribution in [0.2, 0.25) is 0 Å². The van der Waals surface area contributed by atoms with Crippen LogP contribution in [0.3, 0.4) is 0 Å². The minimum absolute atomic E-state index is 0.567. The van der Waals surface area contributed by atoms with Crippen molar-refractivity contribution in [3.05, 3.63) is 23.7 Å². The molecule has 0 fully saturated rings. The molecule has 1 aromatic heterocycles. The van der Waals surface area contributed by atoms with Crippen molar-refractivity contribution in [2.45, 2.75) is 40.8 Å². The summed E-state index contributed by atoms with van der Waals surface area (Å²) in [7, 11) is 0. The predicted octanol–water partition coefficient (Wildman–Crippen LogP) is 3.20. The molecule has 1 N–H and O–H groups in total. The van der Waals surface area contributed by atoms with Gasteiger partial charge in [0.05, 0.1) is 6.54 Å². The zero-order valence-corrected chi connectivity index (χ0v) is 11.5. The Morgan fingerprint density at radius 2 is 1.82 bits per heavy atom. The first-order chi connectivity index (χ1) is 8.08. The molecule has 0 saturated carbocycles. The van der Waals surface area contributed by atoms with Crippen LogP contribution in [-0.4, -0.2) is 13.2 Å². The second kappa shape index (κ2) is 7.51. The van der Waals surface area contributed by atoms with Crippen LogP contribution in [0.4, 0.5) is 0 Å². The first kappa shape index (κ1) is 14.3. The lowest BCUT2D eigenvalue weighted by Gasteiger charge is -2.06. The number of furan rings is 1. The monoisotopic (exact) mass is 239 g/mol. The highest BCUT2D eigenvalue weighted by molar-refractivity contribution is 5.06. The third-order valence-electron chi connectivity index (χ3n) is 2.26. The van der Waals surface area contributed by atoms with E-state index in [1.54, 1.807) is 0 Å². The molecule has 0 aliphatic heterocycles. The molecule has 0 atom stereocenters. The van der Waals surface area contributed by atoms with Crippen molar-refractivity contribution >= 4 is 0 Å². The van der Waals surface area contributed by atoms with Crippen LogP contribution >= 0.6 is 0 Å². The summed E-state index contributed by atoms with van der Waals surface area (Å²) in [4.78, 5) is 0. The number of nitrogens with one attached hydrogen (secondary N) is 1. The molecular formula is C14H25NO2. The second-order valence-corrected chi connectivity index (χ2v) is 5.30. The van der Waals surface area contributed by atoms with Crippen LogP contribution in [0, 0.1) is 11.8 Å². The van der Waals surface area contributed by atoms with Crippen LogP contribution in [0.1, 0.15) is 39.2 Å². The van der Waals surface area contributed by atoms with Gasteiger partial charge in [0.1, 0.15) is 18.1 Å². The summed E-state index contributed by atoms with van der Waals surface area (Å²) in [5.41, 5.74) is 0. The second-order valence-electron chi connectivity index (χ2n) is 5.30. The maximum absolute atomic E-state index is 5.66. The molecule has 0 aromatic carbocycles. The Bertz CT molecular complexity index is 276. The van der Waals surface area contributed by atoms with Gasteiger partial charge in [-0.15, -0.1) is 0 Å². The van der Waals surface area contributed by atoms with E-state index in [0.717, 1.165) is 31.2 Å². The SMILES string of the molecule is CC(C)CNCc1ccc(COCC(C)C)o1. The Hall–Kier alpha value is -0.800. The lowest BCUT2D eigenvalue weighted by atomic mass is 10.2. The molecule has 3 nitrogen and oxygen atoms in total. The molecule has 0 amide bonds. The van der Waals surface area contributed by atoms with E-state index < -0.39 is 0 Å². The van der Waals surface area contributed by atoms with Gasteiger partial charge in [-0.2, -0.15) is 0 Å². The molecule has 3 heteroatoms. The molecule has 0 aliphatic rings. The smallest absolute Gasteiger partial charge is 0.129 e. The van der Waals surface area contributed by atoms with E-state index in [-0.39, 0.29) is 0 Å². The first-order valence-electron chi connectivity index (χ1n) is 6.44. The zero-order valence-electron chi connectivity index (χ0n) is 11.5. The Labute approximate surface area is 105 Å². The molecule has 1 rings (SSSR count). The summed E-state index contributed by atoms with van der Waals surface area (Å²) in [6, 6.07) is 4.01. The fourth-order valence-electron chi connectivity index (χ4n) is 1.47. The van der Waals surface area contributed by atoms with E-state index in [1.165, 1.54) is 0 Å². The van der Waals surface area contributed by atoms with Crippen LogP contribution in [0.15, 0.2) is 16.5 Å². The third kappa shape index (κ3) is 6.49. The van der Waals surface area contributed by atoms with Gasteiger partial charge in [0.15, 0.2) is 0 Å². The van der Waals surface area contributed by atoms with Gasteiger partial charge in [-0.25, -0.2) is 0 Å². The molecule has 17 heavy (non-hydrogen) atoms. The quantitative estimate of drug-likeness (QED) is 0.756. The minimum Gasteiger partial charge on any atom is -0.462 e. The fourth-order valence-corrected chi connectivity index (χ4v) is 1.47. The van der Waals surface area contributed by atoms with E-state index in [2.05, 4.69) is 33.0 Å². The fraction of sp³-hybridized carbons (Fsp3) is 0.714. The zero-order chi connectivity index (χ0) is 12.7. The van der Waals surface area contributed by atoms with Gasteiger partial charge in [-0.05, 0) is 30.5 Å². The normalized spacial score (nSPS) is 11.6. The lowest BCUT2D eigenvalue weighted by Crippen LogP contribution is -2.18. The molecular weight excluding hydrogens is 214 g/mol. The van der Waals surface area contributed by atoms with E-state index in [9.17, 15) is 0 Å². The summed E-state index contributed by atoms with van der Waals surface area (Å²) < 4.78 is 11.2. The van der Waals surface area contributed by atoms with Crippen molar-refractivity contribution < 1.29 is 9.15 Å². The highest BCUT2D eigenvalue weighted by atomic mass is 16.5.